The van der Waals surface area contributed by atoms with Crippen molar-refractivity contribution in [3.05, 3.63) is 41.7 Å². The van der Waals surface area contributed by atoms with Crippen molar-refractivity contribution in [3.8, 4) is 0 Å². The fraction of sp³-hybridized carbons (Fsp3) is 0.591. The molecular formula is C22H33N7O3. The number of carbonyl (C=O) groups is 2. The zero-order valence-electron chi connectivity index (χ0n) is 19.1. The highest BCUT2D eigenvalue weighted by molar-refractivity contribution is 5.83. The molecule has 0 spiro atoms. The van der Waals surface area contributed by atoms with Gasteiger partial charge in [0.1, 0.15) is 0 Å². The maximum Gasteiger partial charge on any atom is 0.290 e. The van der Waals surface area contributed by atoms with Crippen LogP contribution in [0, 0.1) is 12.3 Å². The Morgan fingerprint density at radius 1 is 1.25 bits per heavy atom. The van der Waals surface area contributed by atoms with Crippen LogP contribution in [0.4, 0.5) is 0 Å². The number of amides is 1. The van der Waals surface area contributed by atoms with Crippen LogP contribution in [0.15, 0.2) is 24.8 Å². The number of nitrogens with zero attached hydrogens (tertiary/aromatic N) is 6. The number of piperidine rings is 2. The summed E-state index contributed by atoms with van der Waals surface area (Å²) in [4.78, 5) is 35.3. The highest BCUT2D eigenvalue weighted by atomic mass is 16.3. The second kappa shape index (κ2) is 10.6. The summed E-state index contributed by atoms with van der Waals surface area (Å²) >= 11 is 0. The molecule has 0 aromatic carbocycles. The van der Waals surface area contributed by atoms with E-state index in [1.807, 2.05) is 24.9 Å². The SMILES string of the molecule is Cc1cnc(CNC(=O)[C@@]23CCCN(Cc4cnn(C)c4)[C@H]2CN(C)CC3)cn1.O=CO. The number of rotatable bonds is 5. The van der Waals surface area contributed by atoms with E-state index in [0.29, 0.717) is 6.54 Å². The number of likely N-dealkylation sites (tertiary alicyclic amines) is 2. The summed E-state index contributed by atoms with van der Waals surface area (Å²) in [6.07, 6.45) is 10.4. The first-order valence-electron chi connectivity index (χ1n) is 10.9. The molecule has 2 saturated heterocycles. The summed E-state index contributed by atoms with van der Waals surface area (Å²) in [6.45, 7) is 5.82. The van der Waals surface area contributed by atoms with Gasteiger partial charge < -0.3 is 15.3 Å². The molecule has 2 fully saturated rings. The highest BCUT2D eigenvalue weighted by Gasteiger charge is 2.52. The minimum atomic E-state index is -0.342. The molecule has 2 aliphatic rings. The van der Waals surface area contributed by atoms with Gasteiger partial charge in [0.2, 0.25) is 5.91 Å². The van der Waals surface area contributed by atoms with E-state index in [0.717, 1.165) is 56.8 Å². The number of hydrogen-bond acceptors (Lipinski definition) is 7. The predicted octanol–water partition coefficient (Wildman–Crippen LogP) is 0.822. The van der Waals surface area contributed by atoms with Crippen LogP contribution in [0.2, 0.25) is 0 Å². The molecule has 0 saturated carbocycles. The number of fused-ring (bicyclic) bond motifs is 1. The number of carbonyl (C=O) groups excluding carboxylic acids is 1. The second-order valence-corrected chi connectivity index (χ2v) is 8.72. The van der Waals surface area contributed by atoms with Gasteiger partial charge in [0, 0.05) is 44.1 Å². The van der Waals surface area contributed by atoms with Gasteiger partial charge in [-0.05, 0) is 46.3 Å². The van der Waals surface area contributed by atoms with Gasteiger partial charge in [-0.2, -0.15) is 5.10 Å². The van der Waals surface area contributed by atoms with Crippen molar-refractivity contribution >= 4 is 12.4 Å². The molecule has 2 aliphatic heterocycles. The van der Waals surface area contributed by atoms with Gasteiger partial charge in [-0.3, -0.25) is 29.1 Å². The Morgan fingerprint density at radius 2 is 2.03 bits per heavy atom. The molecule has 0 radical (unpaired) electrons. The van der Waals surface area contributed by atoms with Gasteiger partial charge in [-0.15, -0.1) is 0 Å². The van der Waals surface area contributed by atoms with Crippen molar-refractivity contribution in [3.63, 3.8) is 0 Å². The standard InChI is InChI=1S/C21H31N7O.CH2O2/c1-16-9-23-18(11-22-16)12-24-20(29)21-5-4-7-28(14-17-10-25-27(3)13-17)19(21)15-26(2)8-6-21;2-1-3/h9-11,13,19H,4-8,12,14-15H2,1-3H3,(H,24,29);1H,(H,2,3)/t19-,21+;/m0./s1. The van der Waals surface area contributed by atoms with E-state index in [4.69, 9.17) is 9.90 Å². The van der Waals surface area contributed by atoms with Gasteiger partial charge in [-0.25, -0.2) is 0 Å². The van der Waals surface area contributed by atoms with E-state index < -0.39 is 0 Å². The molecule has 32 heavy (non-hydrogen) atoms. The lowest BCUT2D eigenvalue weighted by Gasteiger charge is -2.53. The summed E-state index contributed by atoms with van der Waals surface area (Å²) in [7, 11) is 4.10. The molecule has 4 heterocycles. The van der Waals surface area contributed by atoms with Crippen molar-refractivity contribution in [2.24, 2.45) is 12.5 Å². The monoisotopic (exact) mass is 443 g/mol. The summed E-state index contributed by atoms with van der Waals surface area (Å²) in [5, 5.41) is 14.4. The Balaban J connectivity index is 0.000000913. The number of hydrogen-bond donors (Lipinski definition) is 2. The fourth-order valence-corrected chi connectivity index (χ4v) is 4.84. The van der Waals surface area contributed by atoms with Crippen molar-refractivity contribution in [1.29, 1.82) is 0 Å². The largest absolute Gasteiger partial charge is 0.483 e. The van der Waals surface area contributed by atoms with Crippen molar-refractivity contribution < 1.29 is 14.7 Å². The van der Waals surface area contributed by atoms with Crippen LogP contribution >= 0.6 is 0 Å². The topological polar surface area (TPSA) is 116 Å². The molecule has 10 nitrogen and oxygen atoms in total. The van der Waals surface area contributed by atoms with Gasteiger partial charge in [0.15, 0.2) is 0 Å². The highest BCUT2D eigenvalue weighted by Crippen LogP contribution is 2.43. The lowest BCUT2D eigenvalue weighted by atomic mass is 9.67. The second-order valence-electron chi connectivity index (χ2n) is 8.72. The Bertz CT molecular complexity index is 901. The molecule has 10 heteroatoms. The maximum atomic E-state index is 13.5. The number of aromatic nitrogens is 4. The van der Waals surface area contributed by atoms with Crippen LogP contribution in [0.3, 0.4) is 0 Å². The van der Waals surface area contributed by atoms with E-state index in [1.165, 1.54) is 5.56 Å². The Hall–Kier alpha value is -2.85. The molecule has 2 aromatic rings. The van der Waals surface area contributed by atoms with E-state index in [1.54, 1.807) is 12.4 Å². The van der Waals surface area contributed by atoms with Crippen molar-refractivity contribution in [1.82, 2.24) is 34.9 Å². The molecular weight excluding hydrogens is 410 g/mol. The summed E-state index contributed by atoms with van der Waals surface area (Å²) in [5.74, 6) is 0.161. The first kappa shape index (κ1) is 23.8. The van der Waals surface area contributed by atoms with Crippen molar-refractivity contribution in [2.45, 2.75) is 45.3 Å². The lowest BCUT2D eigenvalue weighted by Crippen LogP contribution is -2.65. The predicted molar refractivity (Wildman–Crippen MR) is 118 cm³/mol. The first-order valence-corrected chi connectivity index (χ1v) is 10.9. The minimum absolute atomic E-state index is 0.161. The van der Waals surface area contributed by atoms with Crippen LogP contribution in [0.25, 0.3) is 0 Å². The van der Waals surface area contributed by atoms with Gasteiger partial charge >= 0.3 is 0 Å². The van der Waals surface area contributed by atoms with E-state index >= 15 is 0 Å². The molecule has 2 N–H and O–H groups in total. The summed E-state index contributed by atoms with van der Waals surface area (Å²) < 4.78 is 1.84. The molecule has 2 aromatic heterocycles. The Labute approximate surface area is 188 Å². The Kier molecular flexibility index (Phi) is 7.92. The quantitative estimate of drug-likeness (QED) is 0.653. The average Bonchev–Trinajstić information content (AvgIpc) is 3.19. The fourth-order valence-electron chi connectivity index (χ4n) is 4.84. The third-order valence-corrected chi connectivity index (χ3v) is 6.43. The Morgan fingerprint density at radius 3 is 2.69 bits per heavy atom. The summed E-state index contributed by atoms with van der Waals surface area (Å²) in [6, 6.07) is 0.208. The zero-order chi connectivity index (χ0) is 23.1. The third kappa shape index (κ3) is 5.49. The van der Waals surface area contributed by atoms with Gasteiger partial charge in [-0.1, -0.05) is 0 Å². The smallest absolute Gasteiger partial charge is 0.290 e. The third-order valence-electron chi connectivity index (χ3n) is 6.43. The molecule has 4 rings (SSSR count). The van der Waals surface area contributed by atoms with Crippen LogP contribution in [-0.2, 0) is 29.7 Å². The molecule has 0 aliphatic carbocycles. The van der Waals surface area contributed by atoms with Crippen LogP contribution in [-0.4, -0.2) is 79.8 Å². The number of carboxylic acid groups (broad SMARTS) is 1. The van der Waals surface area contributed by atoms with Gasteiger partial charge in [0.25, 0.3) is 6.47 Å². The van der Waals surface area contributed by atoms with E-state index in [9.17, 15) is 4.79 Å². The molecule has 174 valence electrons. The number of likely N-dealkylation sites (N-methyl/N-ethyl adjacent to an activating group) is 1. The van der Waals surface area contributed by atoms with Crippen molar-refractivity contribution in [2.75, 3.05) is 26.7 Å². The van der Waals surface area contributed by atoms with Gasteiger partial charge in [0.05, 0.1) is 35.7 Å². The molecule has 1 amide bonds. The minimum Gasteiger partial charge on any atom is -0.483 e. The molecule has 0 bridgehead atoms. The lowest BCUT2D eigenvalue weighted by molar-refractivity contribution is -0.145. The average molecular weight is 444 g/mol. The summed E-state index contributed by atoms with van der Waals surface area (Å²) in [5.41, 5.74) is 2.54. The normalized spacial score (nSPS) is 23.5. The number of nitrogens with one attached hydrogen (secondary N) is 1. The van der Waals surface area contributed by atoms with Crippen LogP contribution in [0.5, 0.6) is 0 Å². The van der Waals surface area contributed by atoms with E-state index in [2.05, 4.69) is 43.4 Å². The zero-order valence-corrected chi connectivity index (χ0v) is 19.1. The van der Waals surface area contributed by atoms with E-state index in [-0.39, 0.29) is 23.8 Å². The first-order chi connectivity index (χ1) is 15.4. The molecule has 2 atom stereocenters. The number of aryl methyl sites for hydroxylation is 2. The molecule has 0 unspecified atom stereocenters. The van der Waals surface area contributed by atoms with Crippen LogP contribution < -0.4 is 5.32 Å². The maximum absolute atomic E-state index is 13.5. The van der Waals surface area contributed by atoms with Crippen LogP contribution in [0.1, 0.15) is 36.2 Å².